The molecule has 1 aromatic carbocycles. The molecule has 2 rings (SSSR count). The van der Waals surface area contributed by atoms with Crippen LogP contribution in [-0.4, -0.2) is 31.5 Å². The van der Waals surface area contributed by atoms with Crippen molar-refractivity contribution in [2.75, 3.05) is 19.4 Å². The third-order valence-electron chi connectivity index (χ3n) is 3.05. The number of rotatable bonds is 6. The van der Waals surface area contributed by atoms with E-state index in [-0.39, 0.29) is 18.2 Å². The van der Waals surface area contributed by atoms with Crippen molar-refractivity contribution in [3.63, 3.8) is 0 Å². The van der Waals surface area contributed by atoms with E-state index >= 15 is 0 Å². The number of nitrogens with one attached hydrogen (secondary N) is 2. The van der Waals surface area contributed by atoms with Gasteiger partial charge >= 0.3 is 0 Å². The second-order valence-electron chi connectivity index (χ2n) is 4.81. The molecule has 0 radical (unpaired) electrons. The van der Waals surface area contributed by atoms with Crippen LogP contribution >= 0.6 is 0 Å². The molecule has 1 aliphatic carbocycles. The predicted octanol–water partition coefficient (Wildman–Crippen LogP) is 0.676. The fraction of sp³-hybridized carbons (Fsp3) is 0.429. The van der Waals surface area contributed by atoms with Gasteiger partial charge in [0.05, 0.1) is 12.7 Å². The van der Waals surface area contributed by atoms with Crippen LogP contribution < -0.4 is 21.1 Å². The number of amides is 2. The van der Waals surface area contributed by atoms with Crippen molar-refractivity contribution in [2.45, 2.75) is 25.3 Å². The van der Waals surface area contributed by atoms with Gasteiger partial charge in [0, 0.05) is 30.8 Å². The Kier molecular flexibility index (Phi) is 4.45. The molecule has 1 saturated carbocycles. The van der Waals surface area contributed by atoms with Crippen LogP contribution in [0.1, 0.15) is 29.6 Å². The van der Waals surface area contributed by atoms with Gasteiger partial charge in [0.25, 0.3) is 5.91 Å². The van der Waals surface area contributed by atoms with Crippen LogP contribution in [0.3, 0.4) is 0 Å². The van der Waals surface area contributed by atoms with E-state index in [1.165, 1.54) is 7.11 Å². The normalized spacial score (nSPS) is 13.7. The van der Waals surface area contributed by atoms with Crippen molar-refractivity contribution < 1.29 is 14.3 Å². The van der Waals surface area contributed by atoms with Crippen molar-refractivity contribution in [1.82, 2.24) is 10.6 Å². The third kappa shape index (κ3) is 3.88. The van der Waals surface area contributed by atoms with E-state index in [1.54, 1.807) is 18.2 Å². The van der Waals surface area contributed by atoms with E-state index in [1.807, 2.05) is 0 Å². The molecule has 6 nitrogen and oxygen atoms in total. The standard InChI is InChI=1S/C14H19N3O3/c1-20-12-8-9(15)2-5-11(12)14(19)16-7-6-13(18)17-10-3-4-10/h2,5,8,10H,3-4,6-7,15H2,1H3,(H,16,19)(H,17,18). The summed E-state index contributed by atoms with van der Waals surface area (Å²) < 4.78 is 5.12. The summed E-state index contributed by atoms with van der Waals surface area (Å²) in [5, 5.41) is 5.56. The van der Waals surface area contributed by atoms with Gasteiger partial charge in [-0.25, -0.2) is 0 Å². The number of anilines is 1. The smallest absolute Gasteiger partial charge is 0.255 e. The van der Waals surface area contributed by atoms with E-state index < -0.39 is 0 Å². The van der Waals surface area contributed by atoms with Gasteiger partial charge in [-0.05, 0) is 25.0 Å². The Labute approximate surface area is 117 Å². The van der Waals surface area contributed by atoms with Gasteiger partial charge in [0.2, 0.25) is 5.91 Å². The Morgan fingerprint density at radius 3 is 2.80 bits per heavy atom. The number of ether oxygens (including phenoxy) is 1. The van der Waals surface area contributed by atoms with Crippen molar-refractivity contribution >= 4 is 17.5 Å². The average molecular weight is 277 g/mol. The first-order chi connectivity index (χ1) is 9.60. The molecule has 6 heteroatoms. The highest BCUT2D eigenvalue weighted by atomic mass is 16.5. The molecule has 0 aliphatic heterocycles. The lowest BCUT2D eigenvalue weighted by Gasteiger charge is -2.10. The molecular formula is C14H19N3O3. The highest BCUT2D eigenvalue weighted by molar-refractivity contribution is 5.97. The van der Waals surface area contributed by atoms with Gasteiger partial charge in [0.15, 0.2) is 0 Å². The Morgan fingerprint density at radius 1 is 1.40 bits per heavy atom. The summed E-state index contributed by atoms with van der Waals surface area (Å²) in [6, 6.07) is 5.18. The number of methoxy groups -OCH3 is 1. The van der Waals surface area contributed by atoms with Crippen LogP contribution in [-0.2, 0) is 4.79 Å². The number of benzene rings is 1. The molecule has 1 aromatic rings. The Balaban J connectivity index is 1.83. The largest absolute Gasteiger partial charge is 0.496 e. The lowest BCUT2D eigenvalue weighted by atomic mass is 10.1. The second kappa shape index (κ2) is 6.27. The SMILES string of the molecule is COc1cc(N)ccc1C(=O)NCCC(=O)NC1CC1. The summed E-state index contributed by atoms with van der Waals surface area (Å²) in [6.45, 7) is 0.297. The fourth-order valence-electron chi connectivity index (χ4n) is 1.81. The summed E-state index contributed by atoms with van der Waals surface area (Å²) in [7, 11) is 1.48. The molecule has 0 unspecified atom stereocenters. The molecule has 0 bridgehead atoms. The third-order valence-corrected chi connectivity index (χ3v) is 3.05. The van der Waals surface area contributed by atoms with Gasteiger partial charge < -0.3 is 21.1 Å². The fourth-order valence-corrected chi connectivity index (χ4v) is 1.81. The van der Waals surface area contributed by atoms with Crippen molar-refractivity contribution in [3.05, 3.63) is 23.8 Å². The molecule has 0 heterocycles. The zero-order valence-electron chi connectivity index (χ0n) is 11.4. The minimum absolute atomic E-state index is 0.0305. The van der Waals surface area contributed by atoms with Gasteiger partial charge in [-0.2, -0.15) is 0 Å². The van der Waals surface area contributed by atoms with Crippen LogP contribution in [0.2, 0.25) is 0 Å². The maximum absolute atomic E-state index is 12.0. The highest BCUT2D eigenvalue weighted by Gasteiger charge is 2.23. The van der Waals surface area contributed by atoms with E-state index in [2.05, 4.69) is 10.6 Å². The molecule has 0 saturated heterocycles. The molecule has 1 aliphatic rings. The first-order valence-corrected chi connectivity index (χ1v) is 6.61. The predicted molar refractivity (Wildman–Crippen MR) is 75.5 cm³/mol. The number of hydrogen-bond acceptors (Lipinski definition) is 4. The summed E-state index contributed by atoms with van der Waals surface area (Å²) in [6.07, 6.45) is 2.39. The van der Waals surface area contributed by atoms with E-state index in [0.29, 0.717) is 29.6 Å². The van der Waals surface area contributed by atoms with Crippen LogP contribution in [0.25, 0.3) is 0 Å². The van der Waals surface area contributed by atoms with Gasteiger partial charge in [-0.1, -0.05) is 0 Å². The van der Waals surface area contributed by atoms with Crippen molar-refractivity contribution in [3.8, 4) is 5.75 Å². The Hall–Kier alpha value is -2.24. The quantitative estimate of drug-likeness (QED) is 0.666. The Bertz CT molecular complexity index is 512. The topological polar surface area (TPSA) is 93.4 Å². The number of nitrogen functional groups attached to an aromatic ring is 1. The maximum atomic E-state index is 12.0. The van der Waals surface area contributed by atoms with Crippen LogP contribution in [0, 0.1) is 0 Å². The van der Waals surface area contributed by atoms with E-state index in [9.17, 15) is 9.59 Å². The summed E-state index contributed by atoms with van der Waals surface area (Å²) in [5.41, 5.74) is 6.57. The second-order valence-corrected chi connectivity index (χ2v) is 4.81. The molecule has 0 aromatic heterocycles. The zero-order valence-corrected chi connectivity index (χ0v) is 11.4. The van der Waals surface area contributed by atoms with E-state index in [4.69, 9.17) is 10.5 Å². The zero-order chi connectivity index (χ0) is 14.5. The van der Waals surface area contributed by atoms with Gasteiger partial charge in [0.1, 0.15) is 5.75 Å². The number of hydrogen-bond donors (Lipinski definition) is 3. The molecular weight excluding hydrogens is 258 g/mol. The van der Waals surface area contributed by atoms with Gasteiger partial charge in [-0.15, -0.1) is 0 Å². The summed E-state index contributed by atoms with van der Waals surface area (Å²) in [4.78, 5) is 23.5. The number of carbonyl (C=O) groups excluding carboxylic acids is 2. The number of nitrogens with two attached hydrogens (primary N) is 1. The highest BCUT2D eigenvalue weighted by Crippen LogP contribution is 2.21. The monoisotopic (exact) mass is 277 g/mol. The van der Waals surface area contributed by atoms with Gasteiger partial charge in [-0.3, -0.25) is 9.59 Å². The lowest BCUT2D eigenvalue weighted by Crippen LogP contribution is -2.31. The maximum Gasteiger partial charge on any atom is 0.255 e. The molecule has 0 spiro atoms. The minimum Gasteiger partial charge on any atom is -0.496 e. The first-order valence-electron chi connectivity index (χ1n) is 6.61. The molecule has 20 heavy (non-hydrogen) atoms. The molecule has 1 fully saturated rings. The summed E-state index contributed by atoms with van der Waals surface area (Å²) in [5.74, 6) is 0.114. The van der Waals surface area contributed by atoms with Crippen molar-refractivity contribution in [2.24, 2.45) is 0 Å². The molecule has 4 N–H and O–H groups in total. The van der Waals surface area contributed by atoms with Crippen LogP contribution in [0.5, 0.6) is 5.75 Å². The Morgan fingerprint density at radius 2 is 2.15 bits per heavy atom. The molecule has 0 atom stereocenters. The lowest BCUT2D eigenvalue weighted by molar-refractivity contribution is -0.121. The first kappa shape index (κ1) is 14.2. The van der Waals surface area contributed by atoms with Crippen LogP contribution in [0.15, 0.2) is 18.2 Å². The van der Waals surface area contributed by atoms with E-state index in [0.717, 1.165) is 12.8 Å². The molecule has 108 valence electrons. The summed E-state index contributed by atoms with van der Waals surface area (Å²) >= 11 is 0. The van der Waals surface area contributed by atoms with Crippen LogP contribution in [0.4, 0.5) is 5.69 Å². The minimum atomic E-state index is -0.277. The molecule has 2 amide bonds. The average Bonchev–Trinajstić information content (AvgIpc) is 3.22. The number of carbonyl (C=O) groups is 2. The van der Waals surface area contributed by atoms with Crippen molar-refractivity contribution in [1.29, 1.82) is 0 Å².